The monoisotopic (exact) mass is 251 g/mol. The van der Waals surface area contributed by atoms with Gasteiger partial charge in [0.25, 0.3) is 0 Å². The smallest absolute Gasteiger partial charge is 0.0600 e. The van der Waals surface area contributed by atoms with E-state index in [2.05, 4.69) is 43.6 Å². The number of hydrogen-bond donors (Lipinski definition) is 1. The van der Waals surface area contributed by atoms with Crippen LogP contribution in [0.5, 0.6) is 0 Å². The zero-order valence-electron chi connectivity index (χ0n) is 10.6. The molecule has 2 nitrogen and oxygen atoms in total. The first-order valence-corrected chi connectivity index (χ1v) is 7.27. The number of hydrogen-bond acceptors (Lipinski definition) is 3. The van der Waals surface area contributed by atoms with Crippen LogP contribution in [0.3, 0.4) is 0 Å². The number of nitrogens with one attached hydrogen (secondary N) is 1. The Balaban J connectivity index is 1.90. The van der Waals surface area contributed by atoms with Gasteiger partial charge in [0.1, 0.15) is 0 Å². The molecule has 2 unspecified atom stereocenters. The van der Waals surface area contributed by atoms with Crippen molar-refractivity contribution in [3.63, 3.8) is 0 Å². The van der Waals surface area contributed by atoms with Crippen LogP contribution in [0, 0.1) is 6.92 Å². The summed E-state index contributed by atoms with van der Waals surface area (Å²) >= 11 is 2.01. The molecule has 1 aromatic rings. The molecule has 2 atom stereocenters. The maximum absolute atomic E-state index is 5.57. The second-order valence-corrected chi connectivity index (χ2v) is 5.76. The molecule has 0 saturated carbocycles. The van der Waals surface area contributed by atoms with Crippen molar-refractivity contribution in [2.75, 3.05) is 20.3 Å². The first kappa shape index (κ1) is 12.9. The summed E-state index contributed by atoms with van der Waals surface area (Å²) in [6.45, 7) is 3.96. The Labute approximate surface area is 108 Å². The third kappa shape index (κ3) is 3.47. The third-order valence-electron chi connectivity index (χ3n) is 3.39. The molecule has 17 heavy (non-hydrogen) atoms. The first-order valence-electron chi connectivity index (χ1n) is 6.22. The van der Waals surface area contributed by atoms with E-state index >= 15 is 0 Å². The van der Waals surface area contributed by atoms with Crippen molar-refractivity contribution in [3.8, 4) is 0 Å². The van der Waals surface area contributed by atoms with E-state index in [9.17, 15) is 0 Å². The van der Waals surface area contributed by atoms with Gasteiger partial charge in [-0.1, -0.05) is 24.3 Å². The van der Waals surface area contributed by atoms with Gasteiger partial charge in [0, 0.05) is 23.7 Å². The van der Waals surface area contributed by atoms with Crippen molar-refractivity contribution < 1.29 is 4.74 Å². The highest BCUT2D eigenvalue weighted by atomic mass is 32.2. The Bertz CT molecular complexity index is 356. The Morgan fingerprint density at radius 1 is 1.41 bits per heavy atom. The molecule has 0 aromatic heterocycles. The van der Waals surface area contributed by atoms with E-state index < -0.39 is 0 Å². The molecule has 3 heteroatoms. The van der Waals surface area contributed by atoms with Gasteiger partial charge in [-0.05, 0) is 31.5 Å². The summed E-state index contributed by atoms with van der Waals surface area (Å²) in [6, 6.07) is 9.22. The lowest BCUT2D eigenvalue weighted by molar-refractivity contribution is 0.0850. The van der Waals surface area contributed by atoms with E-state index in [0.717, 1.165) is 25.4 Å². The molecule has 1 N–H and O–H groups in total. The highest BCUT2D eigenvalue weighted by Crippen LogP contribution is 2.26. The van der Waals surface area contributed by atoms with E-state index in [0.29, 0.717) is 11.3 Å². The van der Waals surface area contributed by atoms with Crippen LogP contribution in [-0.2, 0) is 10.5 Å². The maximum Gasteiger partial charge on any atom is 0.0600 e. The van der Waals surface area contributed by atoms with Gasteiger partial charge in [0.2, 0.25) is 0 Å². The Morgan fingerprint density at radius 3 is 3.00 bits per heavy atom. The minimum atomic E-state index is 0.577. The molecule has 0 amide bonds. The summed E-state index contributed by atoms with van der Waals surface area (Å²) in [6.07, 6.45) is 1.13. The van der Waals surface area contributed by atoms with E-state index in [1.54, 1.807) is 0 Å². The Kier molecular flexibility index (Phi) is 4.89. The lowest BCUT2D eigenvalue weighted by Crippen LogP contribution is -2.43. The molecule has 0 bridgehead atoms. The topological polar surface area (TPSA) is 21.3 Å². The van der Waals surface area contributed by atoms with Crippen LogP contribution in [-0.4, -0.2) is 31.6 Å². The second-order valence-electron chi connectivity index (χ2n) is 4.53. The predicted molar refractivity (Wildman–Crippen MR) is 74.5 cm³/mol. The number of thioether (sulfide) groups is 1. The molecule has 2 rings (SSSR count). The van der Waals surface area contributed by atoms with Gasteiger partial charge < -0.3 is 10.1 Å². The number of ether oxygens (including phenoxy) is 1. The average Bonchev–Trinajstić information content (AvgIpc) is 2.38. The second kappa shape index (κ2) is 6.43. The fourth-order valence-electron chi connectivity index (χ4n) is 2.18. The zero-order valence-corrected chi connectivity index (χ0v) is 11.4. The van der Waals surface area contributed by atoms with Crippen LogP contribution in [0.1, 0.15) is 17.5 Å². The lowest BCUT2D eigenvalue weighted by Gasteiger charge is -2.31. The Hall–Kier alpha value is -0.510. The maximum atomic E-state index is 5.57. The standard InChI is InChI=1S/C14H21NOS/c1-11-5-3-4-6-12(11)10-17-14-9-16-8-7-13(14)15-2/h3-6,13-15H,7-10H2,1-2H3. The molecular formula is C14H21NOS. The highest BCUT2D eigenvalue weighted by molar-refractivity contribution is 7.99. The van der Waals surface area contributed by atoms with Crippen LogP contribution in [0.15, 0.2) is 24.3 Å². The lowest BCUT2D eigenvalue weighted by atomic mass is 10.1. The highest BCUT2D eigenvalue weighted by Gasteiger charge is 2.24. The quantitative estimate of drug-likeness (QED) is 0.889. The van der Waals surface area contributed by atoms with Gasteiger partial charge in [-0.15, -0.1) is 11.8 Å². The summed E-state index contributed by atoms with van der Waals surface area (Å²) in [5, 5.41) is 3.98. The van der Waals surface area contributed by atoms with Crippen molar-refractivity contribution in [2.45, 2.75) is 30.4 Å². The number of rotatable bonds is 4. The summed E-state index contributed by atoms with van der Waals surface area (Å²) in [7, 11) is 2.05. The molecular weight excluding hydrogens is 230 g/mol. The van der Waals surface area contributed by atoms with E-state index in [1.807, 2.05) is 11.8 Å². The molecule has 1 fully saturated rings. The van der Waals surface area contributed by atoms with Crippen molar-refractivity contribution >= 4 is 11.8 Å². The van der Waals surface area contributed by atoms with Crippen molar-refractivity contribution in [1.29, 1.82) is 0 Å². The summed E-state index contributed by atoms with van der Waals surface area (Å²) < 4.78 is 5.57. The average molecular weight is 251 g/mol. The summed E-state index contributed by atoms with van der Waals surface area (Å²) in [5.41, 5.74) is 2.83. The van der Waals surface area contributed by atoms with Crippen LogP contribution in [0.4, 0.5) is 0 Å². The zero-order chi connectivity index (χ0) is 12.1. The molecule has 0 radical (unpaired) electrons. The van der Waals surface area contributed by atoms with E-state index in [-0.39, 0.29) is 0 Å². The van der Waals surface area contributed by atoms with Crippen LogP contribution < -0.4 is 5.32 Å². The number of benzene rings is 1. The van der Waals surface area contributed by atoms with Crippen LogP contribution in [0.2, 0.25) is 0 Å². The van der Waals surface area contributed by atoms with Gasteiger partial charge >= 0.3 is 0 Å². The van der Waals surface area contributed by atoms with Crippen LogP contribution in [0.25, 0.3) is 0 Å². The minimum absolute atomic E-state index is 0.577. The Morgan fingerprint density at radius 2 is 2.24 bits per heavy atom. The molecule has 0 spiro atoms. The third-order valence-corrected chi connectivity index (χ3v) is 4.76. The minimum Gasteiger partial charge on any atom is -0.380 e. The molecule has 0 aliphatic carbocycles. The molecule has 1 aromatic carbocycles. The largest absolute Gasteiger partial charge is 0.380 e. The van der Waals surface area contributed by atoms with Gasteiger partial charge in [-0.25, -0.2) is 0 Å². The fraction of sp³-hybridized carbons (Fsp3) is 0.571. The summed E-state index contributed by atoms with van der Waals surface area (Å²) in [4.78, 5) is 0. The molecule has 1 saturated heterocycles. The molecule has 1 aliphatic rings. The predicted octanol–water partition coefficient (Wildman–Crippen LogP) is 2.61. The van der Waals surface area contributed by atoms with Crippen LogP contribution >= 0.6 is 11.8 Å². The normalized spacial score (nSPS) is 24.8. The number of aryl methyl sites for hydroxylation is 1. The van der Waals surface area contributed by atoms with Crippen molar-refractivity contribution in [3.05, 3.63) is 35.4 Å². The van der Waals surface area contributed by atoms with Crippen molar-refractivity contribution in [1.82, 2.24) is 5.32 Å². The molecule has 1 aliphatic heterocycles. The fourth-order valence-corrected chi connectivity index (χ4v) is 3.59. The molecule has 1 heterocycles. The molecule has 94 valence electrons. The van der Waals surface area contributed by atoms with E-state index in [4.69, 9.17) is 4.74 Å². The SMILES string of the molecule is CNC1CCOCC1SCc1ccccc1C. The first-order chi connectivity index (χ1) is 8.31. The van der Waals surface area contributed by atoms with Gasteiger partial charge in [-0.3, -0.25) is 0 Å². The van der Waals surface area contributed by atoms with Gasteiger partial charge in [-0.2, -0.15) is 0 Å². The van der Waals surface area contributed by atoms with Gasteiger partial charge in [0.05, 0.1) is 6.61 Å². The van der Waals surface area contributed by atoms with Gasteiger partial charge in [0.15, 0.2) is 0 Å². The van der Waals surface area contributed by atoms with E-state index in [1.165, 1.54) is 11.1 Å². The summed E-state index contributed by atoms with van der Waals surface area (Å²) in [5.74, 6) is 1.08. The van der Waals surface area contributed by atoms with Crippen molar-refractivity contribution in [2.24, 2.45) is 0 Å².